The zero-order chi connectivity index (χ0) is 19.4. The third-order valence-electron chi connectivity index (χ3n) is 3.92. The molecule has 4 nitrogen and oxygen atoms in total. The van der Waals surface area contributed by atoms with Gasteiger partial charge < -0.3 is 14.0 Å². The molecule has 0 aliphatic rings. The van der Waals surface area contributed by atoms with Crippen LogP contribution in [0.5, 0.6) is 11.5 Å². The number of halogens is 2. The summed E-state index contributed by atoms with van der Waals surface area (Å²) in [6.07, 6.45) is 1.83. The summed E-state index contributed by atoms with van der Waals surface area (Å²) < 4.78 is 13.0. The lowest BCUT2D eigenvalue weighted by atomic mass is 10.1. The number of benzene rings is 2. The third kappa shape index (κ3) is 4.21. The molecule has 27 heavy (non-hydrogen) atoms. The van der Waals surface area contributed by atoms with E-state index in [9.17, 15) is 0 Å². The Balaban J connectivity index is 2.18. The topological polar surface area (TPSA) is 35.8 Å². The van der Waals surface area contributed by atoms with Crippen molar-refractivity contribution in [3.63, 3.8) is 0 Å². The number of thiazole rings is 1. The van der Waals surface area contributed by atoms with Gasteiger partial charge in [0.15, 0.2) is 4.80 Å². The van der Waals surface area contributed by atoms with E-state index in [1.807, 2.05) is 35.7 Å². The predicted octanol–water partition coefficient (Wildman–Crippen LogP) is 5.96. The van der Waals surface area contributed by atoms with Crippen molar-refractivity contribution in [1.82, 2.24) is 4.57 Å². The molecule has 0 atom stereocenters. The highest BCUT2D eigenvalue weighted by Gasteiger charge is 2.13. The summed E-state index contributed by atoms with van der Waals surface area (Å²) in [5, 5.41) is 3.01. The molecule has 0 spiro atoms. The van der Waals surface area contributed by atoms with Gasteiger partial charge >= 0.3 is 0 Å². The largest absolute Gasteiger partial charge is 0.497 e. The van der Waals surface area contributed by atoms with Crippen molar-refractivity contribution in [2.45, 2.75) is 6.54 Å². The second-order valence-electron chi connectivity index (χ2n) is 5.58. The Kier molecular flexibility index (Phi) is 6.26. The Morgan fingerprint density at radius 3 is 2.59 bits per heavy atom. The molecular weight excluding hydrogens is 403 g/mol. The number of aromatic nitrogens is 1. The SMILES string of the molecule is C=CCn1c(-c2cc(OC)ccc2OC)csc1=Nc1ccc(Cl)c(Cl)c1. The van der Waals surface area contributed by atoms with E-state index in [1.54, 1.807) is 26.4 Å². The molecule has 0 N–H and O–H groups in total. The van der Waals surface area contributed by atoms with Crippen LogP contribution >= 0.6 is 34.5 Å². The van der Waals surface area contributed by atoms with Crippen LogP contribution in [-0.4, -0.2) is 18.8 Å². The fraction of sp³-hybridized carbons (Fsp3) is 0.150. The summed E-state index contributed by atoms with van der Waals surface area (Å²) in [4.78, 5) is 5.54. The van der Waals surface area contributed by atoms with Gasteiger partial charge in [-0.2, -0.15) is 0 Å². The third-order valence-corrected chi connectivity index (χ3v) is 5.52. The van der Waals surface area contributed by atoms with Crippen LogP contribution in [0.3, 0.4) is 0 Å². The molecule has 0 saturated heterocycles. The second-order valence-corrected chi connectivity index (χ2v) is 7.23. The molecule has 0 saturated carbocycles. The Labute approximate surface area is 171 Å². The maximum atomic E-state index is 6.11. The molecule has 0 aliphatic carbocycles. The van der Waals surface area contributed by atoms with Crippen LogP contribution in [0.25, 0.3) is 11.3 Å². The van der Waals surface area contributed by atoms with E-state index in [4.69, 9.17) is 37.7 Å². The maximum absolute atomic E-state index is 6.11. The van der Waals surface area contributed by atoms with E-state index in [2.05, 4.69) is 11.1 Å². The highest BCUT2D eigenvalue weighted by atomic mass is 35.5. The van der Waals surface area contributed by atoms with E-state index in [0.717, 1.165) is 33.2 Å². The molecule has 2 aromatic carbocycles. The van der Waals surface area contributed by atoms with E-state index in [-0.39, 0.29) is 0 Å². The Hall–Kier alpha value is -2.21. The minimum Gasteiger partial charge on any atom is -0.497 e. The van der Waals surface area contributed by atoms with E-state index in [1.165, 1.54) is 11.3 Å². The van der Waals surface area contributed by atoms with Crippen molar-refractivity contribution in [2.24, 2.45) is 4.99 Å². The highest BCUT2D eigenvalue weighted by molar-refractivity contribution is 7.07. The first-order chi connectivity index (χ1) is 13.1. The Bertz CT molecular complexity index is 1040. The van der Waals surface area contributed by atoms with Gasteiger partial charge in [0.25, 0.3) is 0 Å². The molecular formula is C20H18Cl2N2O2S. The van der Waals surface area contributed by atoms with Crippen molar-refractivity contribution in [3.8, 4) is 22.8 Å². The number of methoxy groups -OCH3 is 2. The van der Waals surface area contributed by atoms with Gasteiger partial charge in [-0.25, -0.2) is 4.99 Å². The summed E-state index contributed by atoms with van der Waals surface area (Å²) >= 11 is 13.6. The molecule has 3 aromatic rings. The lowest BCUT2D eigenvalue weighted by molar-refractivity contribution is 0.404. The predicted molar refractivity (Wildman–Crippen MR) is 113 cm³/mol. The monoisotopic (exact) mass is 420 g/mol. The van der Waals surface area contributed by atoms with Gasteiger partial charge in [0.05, 0.1) is 35.6 Å². The van der Waals surface area contributed by atoms with Gasteiger partial charge in [-0.3, -0.25) is 0 Å². The minimum atomic E-state index is 0.472. The molecule has 7 heteroatoms. The zero-order valence-corrected chi connectivity index (χ0v) is 17.2. The van der Waals surface area contributed by atoms with Gasteiger partial charge in [-0.05, 0) is 36.4 Å². The molecule has 3 rings (SSSR count). The average molecular weight is 421 g/mol. The molecule has 1 heterocycles. The lowest BCUT2D eigenvalue weighted by Crippen LogP contribution is -2.15. The zero-order valence-electron chi connectivity index (χ0n) is 14.9. The molecule has 0 amide bonds. The summed E-state index contributed by atoms with van der Waals surface area (Å²) in [6.45, 7) is 4.46. The quantitative estimate of drug-likeness (QED) is 0.461. The van der Waals surface area contributed by atoms with Gasteiger partial charge in [0.1, 0.15) is 11.5 Å². The van der Waals surface area contributed by atoms with Crippen molar-refractivity contribution in [1.29, 1.82) is 0 Å². The van der Waals surface area contributed by atoms with Crippen molar-refractivity contribution >= 4 is 40.2 Å². The van der Waals surface area contributed by atoms with Crippen LogP contribution in [-0.2, 0) is 6.54 Å². The van der Waals surface area contributed by atoms with E-state index in [0.29, 0.717) is 16.6 Å². The van der Waals surface area contributed by atoms with Crippen LogP contribution in [0, 0.1) is 0 Å². The second kappa shape index (κ2) is 8.65. The van der Waals surface area contributed by atoms with Gasteiger partial charge in [0.2, 0.25) is 0 Å². The number of hydrogen-bond acceptors (Lipinski definition) is 4. The summed E-state index contributed by atoms with van der Waals surface area (Å²) in [5.41, 5.74) is 2.62. The molecule has 0 radical (unpaired) electrons. The van der Waals surface area contributed by atoms with Crippen molar-refractivity contribution in [2.75, 3.05) is 14.2 Å². The number of hydrogen-bond donors (Lipinski definition) is 0. The van der Waals surface area contributed by atoms with Crippen LogP contribution in [0.4, 0.5) is 5.69 Å². The summed E-state index contributed by atoms with van der Waals surface area (Å²) in [6, 6.07) is 11.0. The molecule has 1 aromatic heterocycles. The number of rotatable bonds is 6. The van der Waals surface area contributed by atoms with Gasteiger partial charge in [0, 0.05) is 17.5 Å². The minimum absolute atomic E-state index is 0.472. The summed E-state index contributed by atoms with van der Waals surface area (Å²) in [5.74, 6) is 1.51. The van der Waals surface area contributed by atoms with Crippen LogP contribution in [0.15, 0.2) is 59.4 Å². The first-order valence-electron chi connectivity index (χ1n) is 8.08. The van der Waals surface area contributed by atoms with Gasteiger partial charge in [-0.1, -0.05) is 29.3 Å². The highest BCUT2D eigenvalue weighted by Crippen LogP contribution is 2.34. The molecule has 0 fully saturated rings. The first-order valence-corrected chi connectivity index (χ1v) is 9.72. The first kappa shape index (κ1) is 19.5. The van der Waals surface area contributed by atoms with Crippen molar-refractivity contribution in [3.05, 3.63) is 69.3 Å². The lowest BCUT2D eigenvalue weighted by Gasteiger charge is -2.12. The Morgan fingerprint density at radius 1 is 1.11 bits per heavy atom. The average Bonchev–Trinajstić information content (AvgIpc) is 3.06. The Morgan fingerprint density at radius 2 is 1.93 bits per heavy atom. The molecule has 140 valence electrons. The summed E-state index contributed by atoms with van der Waals surface area (Å²) in [7, 11) is 3.29. The number of ether oxygens (including phenoxy) is 2. The molecule has 0 bridgehead atoms. The molecule has 0 unspecified atom stereocenters. The normalized spacial score (nSPS) is 11.5. The fourth-order valence-electron chi connectivity index (χ4n) is 2.62. The maximum Gasteiger partial charge on any atom is 0.190 e. The fourth-order valence-corrected chi connectivity index (χ4v) is 3.84. The van der Waals surface area contributed by atoms with Crippen LogP contribution < -0.4 is 14.3 Å². The molecule has 0 aliphatic heterocycles. The van der Waals surface area contributed by atoms with E-state index >= 15 is 0 Å². The smallest absolute Gasteiger partial charge is 0.190 e. The van der Waals surface area contributed by atoms with Crippen LogP contribution in [0.1, 0.15) is 0 Å². The van der Waals surface area contributed by atoms with E-state index < -0.39 is 0 Å². The standard InChI is InChI=1S/C20H18Cl2N2O2S/c1-4-9-24-18(15-11-14(25-2)6-8-19(15)26-3)12-27-20(24)23-13-5-7-16(21)17(22)10-13/h4-8,10-12H,1,9H2,2-3H3. The van der Waals surface area contributed by atoms with Crippen LogP contribution in [0.2, 0.25) is 10.0 Å². The number of allylic oxidation sites excluding steroid dienone is 1. The van der Waals surface area contributed by atoms with Crippen molar-refractivity contribution < 1.29 is 9.47 Å². The number of nitrogens with zero attached hydrogens (tertiary/aromatic N) is 2. The van der Waals surface area contributed by atoms with Gasteiger partial charge in [-0.15, -0.1) is 17.9 Å².